The fourth-order valence-electron chi connectivity index (χ4n) is 1.05. The Labute approximate surface area is 82.6 Å². The Morgan fingerprint density at radius 2 is 2.14 bits per heavy atom. The first kappa shape index (κ1) is 10.6. The number of hydrogen-bond acceptors (Lipinski definition) is 2. The lowest BCUT2D eigenvalue weighted by Crippen LogP contribution is -2.40. The topological polar surface area (TPSA) is 33.2 Å². The van der Waals surface area contributed by atoms with Crippen LogP contribution >= 0.6 is 0 Å². The summed E-state index contributed by atoms with van der Waals surface area (Å²) in [6.45, 7) is 2.46. The second kappa shape index (κ2) is 3.74. The van der Waals surface area contributed by atoms with E-state index in [1.165, 1.54) is 25.8 Å². The fraction of sp³-hybridized carbons (Fsp3) is 0.400. The lowest BCUT2D eigenvalue weighted by atomic mass is 10.1. The molecule has 1 aromatic rings. The zero-order valence-electron chi connectivity index (χ0n) is 8.49. The van der Waals surface area contributed by atoms with E-state index >= 15 is 0 Å². The number of rotatable bonds is 2. The molecule has 0 saturated carbocycles. The van der Waals surface area contributed by atoms with E-state index in [4.69, 9.17) is 0 Å². The Balaban J connectivity index is 2.87. The van der Waals surface area contributed by atoms with Crippen molar-refractivity contribution in [2.45, 2.75) is 19.5 Å². The molecule has 0 atom stereocenters. The highest BCUT2D eigenvalue weighted by atomic mass is 19.1. The van der Waals surface area contributed by atoms with Crippen LogP contribution in [0.1, 0.15) is 13.8 Å². The minimum Gasteiger partial charge on any atom is -0.297 e. The van der Waals surface area contributed by atoms with Gasteiger partial charge in [-0.2, -0.15) is 0 Å². The van der Waals surface area contributed by atoms with Gasteiger partial charge in [0.2, 0.25) is 0 Å². The molecule has 0 bridgehead atoms. The van der Waals surface area contributed by atoms with Gasteiger partial charge in [-0.3, -0.25) is 9.69 Å². The molecule has 0 spiro atoms. The number of halogens is 1. The molecule has 1 heterocycles. The van der Waals surface area contributed by atoms with E-state index in [-0.39, 0.29) is 0 Å². The van der Waals surface area contributed by atoms with E-state index in [0.29, 0.717) is 5.82 Å². The van der Waals surface area contributed by atoms with E-state index in [1.54, 1.807) is 24.4 Å². The van der Waals surface area contributed by atoms with Crippen molar-refractivity contribution < 1.29 is 9.18 Å². The van der Waals surface area contributed by atoms with Gasteiger partial charge in [0, 0.05) is 13.2 Å². The van der Waals surface area contributed by atoms with Crippen molar-refractivity contribution >= 4 is 11.7 Å². The summed E-state index contributed by atoms with van der Waals surface area (Å²) in [5.41, 5.74) is -1.87. The molecule has 4 heteroatoms. The van der Waals surface area contributed by atoms with Crippen LogP contribution in [0.3, 0.4) is 0 Å². The number of anilines is 1. The third kappa shape index (κ3) is 2.28. The lowest BCUT2D eigenvalue weighted by molar-refractivity contribution is -0.127. The van der Waals surface area contributed by atoms with E-state index < -0.39 is 11.6 Å². The SMILES string of the molecule is CN(C(=O)C(C)(C)F)c1ccccn1. The Bertz CT molecular complexity index is 319. The fourth-order valence-corrected chi connectivity index (χ4v) is 1.05. The Hall–Kier alpha value is -1.45. The van der Waals surface area contributed by atoms with Gasteiger partial charge >= 0.3 is 0 Å². The minimum absolute atomic E-state index is 0.447. The van der Waals surface area contributed by atoms with Crippen molar-refractivity contribution in [2.75, 3.05) is 11.9 Å². The number of pyridine rings is 1. The molecular formula is C10H13FN2O. The maximum absolute atomic E-state index is 13.3. The van der Waals surface area contributed by atoms with Gasteiger partial charge in [-0.1, -0.05) is 6.07 Å². The average Bonchev–Trinajstić information content (AvgIpc) is 2.15. The zero-order chi connectivity index (χ0) is 10.8. The summed E-state index contributed by atoms with van der Waals surface area (Å²) in [6.07, 6.45) is 1.56. The van der Waals surface area contributed by atoms with Gasteiger partial charge in [-0.25, -0.2) is 9.37 Å². The lowest BCUT2D eigenvalue weighted by Gasteiger charge is -2.22. The van der Waals surface area contributed by atoms with E-state index in [0.717, 1.165) is 0 Å². The van der Waals surface area contributed by atoms with Gasteiger partial charge in [0.25, 0.3) is 5.91 Å². The quantitative estimate of drug-likeness (QED) is 0.722. The van der Waals surface area contributed by atoms with Crippen LogP contribution in [-0.2, 0) is 4.79 Å². The second-order valence-corrected chi connectivity index (χ2v) is 3.52. The summed E-state index contributed by atoms with van der Waals surface area (Å²) < 4.78 is 13.3. The van der Waals surface area contributed by atoms with Gasteiger partial charge in [0.1, 0.15) is 5.82 Å². The molecular weight excluding hydrogens is 183 g/mol. The van der Waals surface area contributed by atoms with Crippen molar-refractivity contribution in [3.05, 3.63) is 24.4 Å². The molecule has 1 rings (SSSR count). The van der Waals surface area contributed by atoms with E-state index in [2.05, 4.69) is 4.98 Å². The Kier molecular flexibility index (Phi) is 2.84. The highest BCUT2D eigenvalue weighted by molar-refractivity contribution is 5.97. The van der Waals surface area contributed by atoms with Crippen molar-refractivity contribution in [3.8, 4) is 0 Å². The monoisotopic (exact) mass is 196 g/mol. The maximum atomic E-state index is 13.3. The van der Waals surface area contributed by atoms with Crippen LogP contribution in [0.15, 0.2) is 24.4 Å². The highest BCUT2D eigenvalue weighted by Crippen LogP contribution is 2.16. The van der Waals surface area contributed by atoms with Crippen LogP contribution in [0.4, 0.5) is 10.2 Å². The summed E-state index contributed by atoms with van der Waals surface area (Å²) in [5.74, 6) is -0.153. The summed E-state index contributed by atoms with van der Waals surface area (Å²) in [5, 5.41) is 0. The number of hydrogen-bond donors (Lipinski definition) is 0. The molecule has 0 radical (unpaired) electrons. The molecule has 3 nitrogen and oxygen atoms in total. The van der Waals surface area contributed by atoms with Gasteiger partial charge in [0.15, 0.2) is 5.67 Å². The van der Waals surface area contributed by atoms with Crippen LogP contribution < -0.4 is 4.90 Å². The number of alkyl halides is 1. The van der Waals surface area contributed by atoms with Gasteiger partial charge in [-0.15, -0.1) is 0 Å². The van der Waals surface area contributed by atoms with E-state index in [9.17, 15) is 9.18 Å². The Morgan fingerprint density at radius 1 is 1.50 bits per heavy atom. The maximum Gasteiger partial charge on any atom is 0.264 e. The molecule has 0 aliphatic heterocycles. The van der Waals surface area contributed by atoms with Crippen LogP contribution in [0.25, 0.3) is 0 Å². The van der Waals surface area contributed by atoms with Crippen LogP contribution in [0.5, 0.6) is 0 Å². The molecule has 0 saturated heterocycles. The van der Waals surface area contributed by atoms with Crippen LogP contribution in [-0.4, -0.2) is 23.6 Å². The molecule has 0 aliphatic rings. The van der Waals surface area contributed by atoms with Crippen LogP contribution in [0.2, 0.25) is 0 Å². The molecule has 0 fully saturated rings. The Morgan fingerprint density at radius 3 is 2.57 bits per heavy atom. The standard InChI is InChI=1S/C10H13FN2O/c1-10(2,11)9(14)13(3)8-6-4-5-7-12-8/h4-7H,1-3H3. The molecule has 1 amide bonds. The first-order chi connectivity index (χ1) is 6.43. The summed E-state index contributed by atoms with van der Waals surface area (Å²) in [6, 6.07) is 5.14. The number of carbonyl (C=O) groups is 1. The largest absolute Gasteiger partial charge is 0.297 e. The van der Waals surface area contributed by atoms with Gasteiger partial charge in [0.05, 0.1) is 0 Å². The normalized spacial score (nSPS) is 11.1. The average molecular weight is 196 g/mol. The highest BCUT2D eigenvalue weighted by Gasteiger charge is 2.30. The molecule has 0 unspecified atom stereocenters. The molecule has 14 heavy (non-hydrogen) atoms. The third-order valence-electron chi connectivity index (χ3n) is 1.81. The van der Waals surface area contributed by atoms with Crippen LogP contribution in [0, 0.1) is 0 Å². The number of carbonyl (C=O) groups excluding carboxylic acids is 1. The number of amides is 1. The molecule has 0 N–H and O–H groups in total. The first-order valence-corrected chi connectivity index (χ1v) is 4.31. The van der Waals surface area contributed by atoms with Gasteiger partial charge < -0.3 is 0 Å². The summed E-state index contributed by atoms with van der Waals surface area (Å²) in [4.78, 5) is 16.6. The zero-order valence-corrected chi connectivity index (χ0v) is 8.49. The summed E-state index contributed by atoms with van der Waals surface area (Å²) in [7, 11) is 1.51. The number of nitrogens with zero attached hydrogens (tertiary/aromatic N) is 2. The predicted molar refractivity (Wildman–Crippen MR) is 52.8 cm³/mol. The van der Waals surface area contributed by atoms with Gasteiger partial charge in [-0.05, 0) is 26.0 Å². The molecule has 1 aromatic heterocycles. The minimum atomic E-state index is -1.87. The molecule has 76 valence electrons. The number of aromatic nitrogens is 1. The van der Waals surface area contributed by atoms with Crippen molar-refractivity contribution in [1.29, 1.82) is 0 Å². The van der Waals surface area contributed by atoms with Crippen molar-refractivity contribution in [3.63, 3.8) is 0 Å². The first-order valence-electron chi connectivity index (χ1n) is 4.31. The third-order valence-corrected chi connectivity index (χ3v) is 1.81. The summed E-state index contributed by atoms with van der Waals surface area (Å²) >= 11 is 0. The molecule has 0 aliphatic carbocycles. The second-order valence-electron chi connectivity index (χ2n) is 3.52. The van der Waals surface area contributed by atoms with Crippen molar-refractivity contribution in [2.24, 2.45) is 0 Å². The van der Waals surface area contributed by atoms with Crippen molar-refractivity contribution in [1.82, 2.24) is 4.98 Å². The predicted octanol–water partition coefficient (Wildman–Crippen LogP) is 1.79. The molecule has 0 aromatic carbocycles. The smallest absolute Gasteiger partial charge is 0.264 e. The van der Waals surface area contributed by atoms with E-state index in [1.807, 2.05) is 0 Å².